The van der Waals surface area contributed by atoms with Crippen molar-refractivity contribution in [2.75, 3.05) is 0 Å². The zero-order chi connectivity index (χ0) is 46.6. The van der Waals surface area contributed by atoms with Crippen LogP contribution in [0.15, 0.2) is 259 Å². The average Bonchev–Trinajstić information content (AvgIpc) is 3.80. The molecule has 0 saturated heterocycles. The van der Waals surface area contributed by atoms with Crippen LogP contribution in [0.4, 0.5) is 0 Å². The number of furan rings is 1. The third kappa shape index (κ3) is 6.13. The SMILES string of the molecule is c1ccc2cc(-c3c4ccccc4c(-c4cc(-c5c6ccccc6c(-c6ccc7ccccc7c6)c6ccccc56)cc(-c5c6ccccc6cc6c5oc5ccccc56)c4)c4ccccc34)ccc2c1. The Morgan fingerprint density at radius 3 is 0.944 bits per heavy atom. The van der Waals surface area contributed by atoms with E-state index in [0.717, 1.165) is 49.6 Å². The van der Waals surface area contributed by atoms with E-state index in [9.17, 15) is 0 Å². The van der Waals surface area contributed by atoms with Gasteiger partial charge in [0, 0.05) is 16.3 Å². The number of para-hydroxylation sites is 1. The molecular formula is C70H42O. The van der Waals surface area contributed by atoms with Gasteiger partial charge >= 0.3 is 0 Å². The van der Waals surface area contributed by atoms with E-state index in [1.54, 1.807) is 0 Å². The molecule has 328 valence electrons. The average molecular weight is 899 g/mol. The van der Waals surface area contributed by atoms with Crippen LogP contribution in [-0.2, 0) is 0 Å². The third-order valence-electron chi connectivity index (χ3n) is 15.1. The highest BCUT2D eigenvalue weighted by molar-refractivity contribution is 6.25. The summed E-state index contributed by atoms with van der Waals surface area (Å²) in [6, 6.07) is 94.2. The normalized spacial score (nSPS) is 11.9. The number of hydrogen-bond acceptors (Lipinski definition) is 1. The molecule has 0 radical (unpaired) electrons. The van der Waals surface area contributed by atoms with Crippen LogP contribution >= 0.6 is 0 Å². The Balaban J connectivity index is 1.09. The summed E-state index contributed by atoms with van der Waals surface area (Å²) >= 11 is 0. The first-order valence-corrected chi connectivity index (χ1v) is 24.6. The van der Waals surface area contributed by atoms with Gasteiger partial charge < -0.3 is 4.42 Å². The Hall–Kier alpha value is -9.30. The van der Waals surface area contributed by atoms with E-state index < -0.39 is 0 Å². The standard InChI is InChI=1S/C70H42O/c1-3-19-45-37-48(35-33-43(45)17-1)65-55-24-7-11-28-59(55)67(60-29-12-8-25-56(60)65)50-39-51(41-52(40-50)69-53-22-6-5-21-47(53)42-63-54-23-15-16-32-64(54)71-70(63)69)68-61-30-13-9-26-57(61)66(58-27-10-14-31-62(58)68)49-36-34-44-18-2-4-20-46(44)38-49/h1-42H. The van der Waals surface area contributed by atoms with Crippen molar-refractivity contribution in [1.29, 1.82) is 0 Å². The summed E-state index contributed by atoms with van der Waals surface area (Å²) in [5, 5.41) is 19.3. The van der Waals surface area contributed by atoms with Crippen molar-refractivity contribution in [3.05, 3.63) is 255 Å². The van der Waals surface area contributed by atoms with Gasteiger partial charge in [0.25, 0.3) is 0 Å². The van der Waals surface area contributed by atoms with Crippen molar-refractivity contribution in [3.8, 4) is 55.6 Å². The molecule has 14 aromatic carbocycles. The van der Waals surface area contributed by atoms with Crippen LogP contribution < -0.4 is 0 Å². The molecule has 0 spiro atoms. The molecule has 0 saturated carbocycles. The van der Waals surface area contributed by atoms with Gasteiger partial charge in [-0.1, -0.05) is 212 Å². The molecular weight excluding hydrogens is 857 g/mol. The largest absolute Gasteiger partial charge is 0.455 e. The molecule has 1 aromatic heterocycles. The molecule has 0 bridgehead atoms. The van der Waals surface area contributed by atoms with E-state index in [0.29, 0.717) is 0 Å². The van der Waals surface area contributed by atoms with E-state index in [1.807, 2.05) is 0 Å². The van der Waals surface area contributed by atoms with Crippen molar-refractivity contribution in [1.82, 2.24) is 0 Å². The van der Waals surface area contributed by atoms with Gasteiger partial charge in [-0.2, -0.15) is 0 Å². The maximum Gasteiger partial charge on any atom is 0.143 e. The number of fused-ring (bicyclic) bond motifs is 10. The molecule has 0 aliphatic heterocycles. The predicted octanol–water partition coefficient (Wildman–Crippen LogP) is 20.0. The van der Waals surface area contributed by atoms with Crippen molar-refractivity contribution in [3.63, 3.8) is 0 Å². The zero-order valence-electron chi connectivity index (χ0n) is 38.7. The lowest BCUT2D eigenvalue weighted by atomic mass is 9.82. The maximum absolute atomic E-state index is 7.01. The fraction of sp³-hybridized carbons (Fsp3) is 0. The summed E-state index contributed by atoms with van der Waals surface area (Å²) in [6.07, 6.45) is 0. The number of benzene rings is 14. The first-order valence-electron chi connectivity index (χ1n) is 24.6. The number of rotatable bonds is 5. The lowest BCUT2D eigenvalue weighted by Gasteiger charge is -2.21. The molecule has 0 aliphatic rings. The first kappa shape index (κ1) is 39.7. The lowest BCUT2D eigenvalue weighted by Crippen LogP contribution is -1.94. The second-order valence-electron chi connectivity index (χ2n) is 19.1. The molecule has 0 amide bonds. The van der Waals surface area contributed by atoms with Crippen LogP contribution in [-0.4, -0.2) is 0 Å². The van der Waals surface area contributed by atoms with Gasteiger partial charge in [0.05, 0.1) is 0 Å². The maximum atomic E-state index is 7.01. The Bertz CT molecular complexity index is 4370. The quantitative estimate of drug-likeness (QED) is 0.157. The van der Waals surface area contributed by atoms with Crippen molar-refractivity contribution >= 4 is 97.3 Å². The molecule has 0 unspecified atom stereocenters. The van der Waals surface area contributed by atoms with Gasteiger partial charge in [-0.15, -0.1) is 0 Å². The fourth-order valence-electron chi connectivity index (χ4n) is 12.1. The molecule has 0 N–H and O–H groups in total. The molecule has 0 fully saturated rings. The fourth-order valence-corrected chi connectivity index (χ4v) is 12.1. The Labute approximate surface area is 410 Å². The molecule has 1 heterocycles. The van der Waals surface area contributed by atoms with E-state index in [2.05, 4.69) is 255 Å². The monoisotopic (exact) mass is 898 g/mol. The zero-order valence-corrected chi connectivity index (χ0v) is 38.7. The first-order chi connectivity index (χ1) is 35.2. The van der Waals surface area contributed by atoms with Crippen molar-refractivity contribution < 1.29 is 4.42 Å². The molecule has 0 aliphatic carbocycles. The lowest BCUT2D eigenvalue weighted by molar-refractivity contribution is 0.670. The minimum atomic E-state index is 0.887. The second-order valence-corrected chi connectivity index (χ2v) is 19.1. The summed E-state index contributed by atoms with van der Waals surface area (Å²) in [5.41, 5.74) is 13.7. The minimum absolute atomic E-state index is 0.887. The minimum Gasteiger partial charge on any atom is -0.455 e. The van der Waals surface area contributed by atoms with Crippen LogP contribution in [0.5, 0.6) is 0 Å². The summed E-state index contributed by atoms with van der Waals surface area (Å²) in [5.74, 6) is 0. The Morgan fingerprint density at radius 1 is 0.183 bits per heavy atom. The molecule has 0 atom stereocenters. The molecule has 1 nitrogen and oxygen atoms in total. The summed E-state index contributed by atoms with van der Waals surface area (Å²) in [6.45, 7) is 0. The summed E-state index contributed by atoms with van der Waals surface area (Å²) in [4.78, 5) is 0. The van der Waals surface area contributed by atoms with E-state index in [1.165, 1.54) is 103 Å². The Morgan fingerprint density at radius 2 is 0.507 bits per heavy atom. The van der Waals surface area contributed by atoms with Gasteiger partial charge in [-0.3, -0.25) is 0 Å². The highest BCUT2D eigenvalue weighted by Gasteiger charge is 2.24. The highest BCUT2D eigenvalue weighted by Crippen LogP contribution is 2.50. The van der Waals surface area contributed by atoms with Crippen molar-refractivity contribution in [2.45, 2.75) is 0 Å². The van der Waals surface area contributed by atoms with E-state index >= 15 is 0 Å². The van der Waals surface area contributed by atoms with Crippen molar-refractivity contribution in [2.24, 2.45) is 0 Å². The highest BCUT2D eigenvalue weighted by atomic mass is 16.3. The topological polar surface area (TPSA) is 13.1 Å². The Kier molecular flexibility index (Phi) is 8.73. The predicted molar refractivity (Wildman–Crippen MR) is 303 cm³/mol. The second kappa shape index (κ2) is 15.6. The van der Waals surface area contributed by atoms with Gasteiger partial charge in [-0.05, 0) is 168 Å². The van der Waals surface area contributed by atoms with Crippen LogP contribution in [0.1, 0.15) is 0 Å². The van der Waals surface area contributed by atoms with E-state index in [-0.39, 0.29) is 0 Å². The van der Waals surface area contributed by atoms with Crippen LogP contribution in [0.2, 0.25) is 0 Å². The van der Waals surface area contributed by atoms with Gasteiger partial charge in [-0.25, -0.2) is 0 Å². The van der Waals surface area contributed by atoms with Gasteiger partial charge in [0.15, 0.2) is 0 Å². The smallest absolute Gasteiger partial charge is 0.143 e. The van der Waals surface area contributed by atoms with Crippen LogP contribution in [0.3, 0.4) is 0 Å². The molecule has 15 rings (SSSR count). The number of hydrogen-bond donors (Lipinski definition) is 0. The van der Waals surface area contributed by atoms with Gasteiger partial charge in [0.1, 0.15) is 11.2 Å². The summed E-state index contributed by atoms with van der Waals surface area (Å²) in [7, 11) is 0. The van der Waals surface area contributed by atoms with Gasteiger partial charge in [0.2, 0.25) is 0 Å². The summed E-state index contributed by atoms with van der Waals surface area (Å²) < 4.78 is 7.01. The molecule has 1 heteroatoms. The van der Waals surface area contributed by atoms with E-state index in [4.69, 9.17) is 4.42 Å². The molecule has 15 aromatic rings. The molecule has 71 heavy (non-hydrogen) atoms. The van der Waals surface area contributed by atoms with Crippen LogP contribution in [0, 0.1) is 0 Å². The van der Waals surface area contributed by atoms with Crippen LogP contribution in [0.25, 0.3) is 153 Å². The third-order valence-corrected chi connectivity index (χ3v) is 15.1.